The number of nitrogens with zero attached hydrogens (tertiary/aromatic N) is 2. The summed E-state index contributed by atoms with van der Waals surface area (Å²) in [5, 5.41) is 8.88. The Bertz CT molecular complexity index is 479. The fourth-order valence-electron chi connectivity index (χ4n) is 1.92. The van der Waals surface area contributed by atoms with Gasteiger partial charge in [-0.1, -0.05) is 6.07 Å². The molecule has 1 aliphatic heterocycles. The van der Waals surface area contributed by atoms with Gasteiger partial charge in [0, 0.05) is 24.7 Å². The van der Waals surface area contributed by atoms with Crippen molar-refractivity contribution in [2.45, 2.75) is 6.04 Å². The topological polar surface area (TPSA) is 60.9 Å². The molecule has 1 aliphatic rings. The minimum atomic E-state index is -1.01. The molecular weight excluding hydrogens is 232 g/mol. The predicted molar refractivity (Wildman–Crippen MR) is 66.8 cm³/mol. The van der Waals surface area contributed by atoms with Crippen molar-refractivity contribution in [3.63, 3.8) is 0 Å². The maximum absolute atomic E-state index is 12.1. The Hall–Kier alpha value is -1.88. The van der Waals surface area contributed by atoms with Crippen molar-refractivity contribution in [2.24, 2.45) is 0 Å². The fraction of sp³-hybridized carbons (Fsp3) is 0.385. The van der Waals surface area contributed by atoms with Crippen LogP contribution in [0.5, 0.6) is 0 Å². The van der Waals surface area contributed by atoms with Crippen LogP contribution >= 0.6 is 0 Å². The molecule has 1 saturated heterocycles. The molecule has 1 fully saturated rings. The number of hydrogen-bond acceptors (Lipinski definition) is 3. The lowest BCUT2D eigenvalue weighted by atomic mass is 10.0. The molecule has 5 nitrogen and oxygen atoms in total. The van der Waals surface area contributed by atoms with E-state index in [-0.39, 0.29) is 11.5 Å². The number of aromatic carboxylic acids is 1. The van der Waals surface area contributed by atoms with Crippen molar-refractivity contribution >= 4 is 11.9 Å². The first-order valence-electron chi connectivity index (χ1n) is 5.78. The summed E-state index contributed by atoms with van der Waals surface area (Å²) >= 11 is 0. The zero-order chi connectivity index (χ0) is 13.3. The smallest absolute Gasteiger partial charge is 0.335 e. The van der Waals surface area contributed by atoms with Crippen molar-refractivity contribution in [1.82, 2.24) is 9.80 Å². The summed E-state index contributed by atoms with van der Waals surface area (Å²) in [5.41, 5.74) is 0.581. The highest BCUT2D eigenvalue weighted by molar-refractivity contribution is 5.97. The molecule has 1 aromatic rings. The largest absolute Gasteiger partial charge is 0.478 e. The molecular formula is C13H16N2O3. The van der Waals surface area contributed by atoms with Gasteiger partial charge in [0.2, 0.25) is 0 Å². The van der Waals surface area contributed by atoms with Crippen LogP contribution in [0.1, 0.15) is 20.7 Å². The molecule has 5 heteroatoms. The highest BCUT2D eigenvalue weighted by atomic mass is 16.4. The van der Waals surface area contributed by atoms with Crippen molar-refractivity contribution in [3.05, 3.63) is 35.4 Å². The van der Waals surface area contributed by atoms with E-state index in [2.05, 4.69) is 4.90 Å². The summed E-state index contributed by atoms with van der Waals surface area (Å²) in [5.74, 6) is -1.12. The summed E-state index contributed by atoms with van der Waals surface area (Å²) in [6.07, 6.45) is 0. The molecule has 1 amide bonds. The lowest BCUT2D eigenvalue weighted by Crippen LogP contribution is -2.59. The van der Waals surface area contributed by atoms with Gasteiger partial charge in [-0.3, -0.25) is 4.79 Å². The fourth-order valence-corrected chi connectivity index (χ4v) is 1.92. The quantitative estimate of drug-likeness (QED) is 0.858. The summed E-state index contributed by atoms with van der Waals surface area (Å²) < 4.78 is 0. The van der Waals surface area contributed by atoms with Gasteiger partial charge < -0.3 is 14.9 Å². The van der Waals surface area contributed by atoms with Crippen LogP contribution in [-0.4, -0.2) is 60.0 Å². The monoisotopic (exact) mass is 248 g/mol. The van der Waals surface area contributed by atoms with E-state index in [0.717, 1.165) is 0 Å². The standard InChI is InChI=1S/C13H16N2O3/c1-14(2)11-7-15(8-11)12(16)9-4-3-5-10(6-9)13(17)18/h3-6,11H,7-8H2,1-2H3,(H,17,18). The van der Waals surface area contributed by atoms with Crippen LogP contribution in [0, 0.1) is 0 Å². The van der Waals surface area contributed by atoms with Crippen LogP contribution in [0.3, 0.4) is 0 Å². The van der Waals surface area contributed by atoms with Crippen LogP contribution < -0.4 is 0 Å². The molecule has 0 atom stereocenters. The molecule has 0 saturated carbocycles. The summed E-state index contributed by atoms with van der Waals surface area (Å²) in [6.45, 7) is 1.40. The van der Waals surface area contributed by atoms with E-state index in [1.54, 1.807) is 17.0 Å². The molecule has 1 aromatic carbocycles. The Labute approximate surface area is 106 Å². The number of rotatable bonds is 3. The molecule has 0 aliphatic carbocycles. The van der Waals surface area contributed by atoms with Gasteiger partial charge in [0.25, 0.3) is 5.91 Å². The molecule has 1 N–H and O–H groups in total. The molecule has 0 spiro atoms. The molecule has 18 heavy (non-hydrogen) atoms. The second kappa shape index (κ2) is 4.78. The van der Waals surface area contributed by atoms with E-state index in [9.17, 15) is 9.59 Å². The first-order chi connectivity index (χ1) is 8.49. The van der Waals surface area contributed by atoms with Crippen molar-refractivity contribution in [3.8, 4) is 0 Å². The van der Waals surface area contributed by atoms with Gasteiger partial charge in [-0.05, 0) is 32.3 Å². The maximum atomic E-state index is 12.1. The van der Waals surface area contributed by atoms with Gasteiger partial charge in [0.15, 0.2) is 0 Å². The van der Waals surface area contributed by atoms with E-state index in [1.165, 1.54) is 12.1 Å². The lowest BCUT2D eigenvalue weighted by Gasteiger charge is -2.42. The number of carbonyl (C=O) groups excluding carboxylic acids is 1. The number of likely N-dealkylation sites (tertiary alicyclic amines) is 1. The summed E-state index contributed by atoms with van der Waals surface area (Å²) in [6, 6.07) is 6.56. The molecule has 2 rings (SSSR count). The highest BCUT2D eigenvalue weighted by Gasteiger charge is 2.32. The van der Waals surface area contributed by atoms with Crippen molar-refractivity contribution < 1.29 is 14.7 Å². The van der Waals surface area contributed by atoms with Gasteiger partial charge in [-0.2, -0.15) is 0 Å². The minimum Gasteiger partial charge on any atom is -0.478 e. The average Bonchev–Trinajstić information content (AvgIpc) is 2.26. The van der Waals surface area contributed by atoms with Gasteiger partial charge in [-0.25, -0.2) is 4.79 Å². The lowest BCUT2D eigenvalue weighted by molar-refractivity contribution is 0.0399. The molecule has 0 radical (unpaired) electrons. The van der Waals surface area contributed by atoms with Crippen LogP contribution in [0.4, 0.5) is 0 Å². The third-order valence-electron chi connectivity index (χ3n) is 3.24. The van der Waals surface area contributed by atoms with E-state index >= 15 is 0 Å². The van der Waals surface area contributed by atoms with Gasteiger partial charge in [-0.15, -0.1) is 0 Å². The van der Waals surface area contributed by atoms with Crippen LogP contribution in [0.25, 0.3) is 0 Å². The van der Waals surface area contributed by atoms with Crippen LogP contribution in [-0.2, 0) is 0 Å². The maximum Gasteiger partial charge on any atom is 0.335 e. The number of carboxylic acids is 1. The Morgan fingerprint density at radius 3 is 2.44 bits per heavy atom. The van der Waals surface area contributed by atoms with E-state index in [1.807, 2.05) is 14.1 Å². The Morgan fingerprint density at radius 1 is 1.28 bits per heavy atom. The average molecular weight is 248 g/mol. The Morgan fingerprint density at radius 2 is 1.89 bits per heavy atom. The normalized spacial score (nSPS) is 15.6. The molecule has 0 bridgehead atoms. The first-order valence-corrected chi connectivity index (χ1v) is 5.78. The molecule has 1 heterocycles. The second-order valence-electron chi connectivity index (χ2n) is 4.71. The van der Waals surface area contributed by atoms with Crippen LogP contribution in [0.2, 0.25) is 0 Å². The predicted octanol–water partition coefficient (Wildman–Crippen LogP) is 0.771. The van der Waals surface area contributed by atoms with Crippen molar-refractivity contribution in [1.29, 1.82) is 0 Å². The van der Waals surface area contributed by atoms with Gasteiger partial charge in [0.05, 0.1) is 5.56 Å². The van der Waals surface area contributed by atoms with E-state index in [0.29, 0.717) is 24.7 Å². The van der Waals surface area contributed by atoms with Gasteiger partial charge in [0.1, 0.15) is 0 Å². The zero-order valence-electron chi connectivity index (χ0n) is 10.5. The number of carboxylic acid groups (broad SMARTS) is 1. The zero-order valence-corrected chi connectivity index (χ0v) is 10.5. The number of amides is 1. The van der Waals surface area contributed by atoms with E-state index in [4.69, 9.17) is 5.11 Å². The number of hydrogen-bond donors (Lipinski definition) is 1. The Balaban J connectivity index is 2.07. The third-order valence-corrected chi connectivity index (χ3v) is 3.24. The van der Waals surface area contributed by atoms with E-state index < -0.39 is 5.97 Å². The molecule has 0 aromatic heterocycles. The summed E-state index contributed by atoms with van der Waals surface area (Å²) in [7, 11) is 3.97. The van der Waals surface area contributed by atoms with Crippen LogP contribution in [0.15, 0.2) is 24.3 Å². The minimum absolute atomic E-state index is 0.101. The second-order valence-corrected chi connectivity index (χ2v) is 4.71. The number of benzene rings is 1. The Kier molecular flexibility index (Phi) is 3.34. The third kappa shape index (κ3) is 2.36. The molecule has 96 valence electrons. The van der Waals surface area contributed by atoms with Crippen molar-refractivity contribution in [2.75, 3.05) is 27.2 Å². The first kappa shape index (κ1) is 12.6. The summed E-state index contributed by atoms with van der Waals surface area (Å²) in [4.78, 5) is 26.7. The van der Waals surface area contributed by atoms with Gasteiger partial charge >= 0.3 is 5.97 Å². The SMILES string of the molecule is CN(C)C1CN(C(=O)c2cccc(C(=O)O)c2)C1. The number of carbonyl (C=O) groups is 2. The highest BCUT2D eigenvalue weighted by Crippen LogP contribution is 2.17. The number of likely N-dealkylation sites (N-methyl/N-ethyl adjacent to an activating group) is 1. The molecule has 0 unspecified atom stereocenters.